The highest BCUT2D eigenvalue weighted by atomic mass is 16.5. The summed E-state index contributed by atoms with van der Waals surface area (Å²) in [4.78, 5) is 34.6. The number of pyridine rings is 2. The second-order valence-corrected chi connectivity index (χ2v) is 13.2. The van der Waals surface area contributed by atoms with E-state index < -0.39 is 6.03 Å². The molecule has 0 bridgehead atoms. The van der Waals surface area contributed by atoms with Gasteiger partial charge in [-0.3, -0.25) is 14.3 Å². The smallest absolute Gasteiger partial charge is 0.324 e. The quantitative estimate of drug-likeness (QED) is 0.156. The van der Waals surface area contributed by atoms with Gasteiger partial charge < -0.3 is 20.5 Å². The lowest BCUT2D eigenvalue weighted by Gasteiger charge is -2.31. The number of carbonyl (C=O) groups is 1. The third-order valence-corrected chi connectivity index (χ3v) is 8.82. The second kappa shape index (κ2) is 17.9. The van der Waals surface area contributed by atoms with E-state index in [2.05, 4.69) is 51.8 Å². The van der Waals surface area contributed by atoms with Crippen molar-refractivity contribution in [3.63, 3.8) is 0 Å². The Balaban J connectivity index is 0.000000812. The molecule has 1 fully saturated rings. The molecule has 3 heterocycles. The Morgan fingerprint density at radius 3 is 2.16 bits per heavy atom. The summed E-state index contributed by atoms with van der Waals surface area (Å²) in [7, 11) is 1.60. The van der Waals surface area contributed by atoms with E-state index in [-0.39, 0.29) is 23.1 Å². The highest BCUT2D eigenvalue weighted by Gasteiger charge is 2.32. The molecular formula is C40H55N5O4. The highest BCUT2D eigenvalue weighted by molar-refractivity contribution is 6.09. The largest absolute Gasteiger partial charge is 0.497 e. The number of unbranched alkanes of at least 4 members (excludes halogenated alkanes) is 1. The molecule has 2 aromatic carbocycles. The number of nitrogens with two attached hydrogens (primary N) is 1. The van der Waals surface area contributed by atoms with Crippen LogP contribution in [0.4, 0.5) is 16.2 Å². The van der Waals surface area contributed by atoms with Gasteiger partial charge in [-0.05, 0) is 104 Å². The normalized spacial score (nSPS) is 12.9. The number of methoxy groups -OCH3 is 1. The van der Waals surface area contributed by atoms with E-state index in [1.807, 2.05) is 48.5 Å². The molecule has 0 saturated carbocycles. The van der Waals surface area contributed by atoms with Crippen molar-refractivity contribution in [3.8, 4) is 22.6 Å². The van der Waals surface area contributed by atoms with Crippen molar-refractivity contribution in [1.82, 2.24) is 14.9 Å². The van der Waals surface area contributed by atoms with Crippen molar-refractivity contribution < 1.29 is 14.3 Å². The summed E-state index contributed by atoms with van der Waals surface area (Å²) < 4.78 is 13.3. The number of amides is 2. The fraction of sp³-hybridized carbons (Fsp3) is 0.475. The number of piperidine rings is 1. The van der Waals surface area contributed by atoms with Gasteiger partial charge in [-0.2, -0.15) is 0 Å². The van der Waals surface area contributed by atoms with Crippen molar-refractivity contribution in [2.75, 3.05) is 31.7 Å². The van der Waals surface area contributed by atoms with Crippen LogP contribution in [0.5, 0.6) is 11.5 Å². The Hall–Kier alpha value is -4.37. The Labute approximate surface area is 291 Å². The predicted octanol–water partition coefficient (Wildman–Crippen LogP) is 8.88. The van der Waals surface area contributed by atoms with Crippen molar-refractivity contribution >= 4 is 28.4 Å². The molecule has 1 aliphatic rings. The predicted molar refractivity (Wildman–Crippen MR) is 202 cm³/mol. The summed E-state index contributed by atoms with van der Waals surface area (Å²) >= 11 is 0. The van der Waals surface area contributed by atoms with E-state index >= 15 is 0 Å². The van der Waals surface area contributed by atoms with E-state index in [1.165, 1.54) is 37.3 Å². The number of nitrogens with zero attached hydrogens (tertiary/aromatic N) is 3. The average molecular weight is 670 g/mol. The van der Waals surface area contributed by atoms with Gasteiger partial charge in [-0.25, -0.2) is 9.78 Å². The van der Waals surface area contributed by atoms with Gasteiger partial charge >= 0.3 is 6.03 Å². The molecule has 4 aromatic rings. The minimum Gasteiger partial charge on any atom is -0.497 e. The van der Waals surface area contributed by atoms with Crippen LogP contribution in [-0.4, -0.2) is 42.4 Å². The first kappa shape index (κ1) is 37.4. The van der Waals surface area contributed by atoms with Crippen molar-refractivity contribution in [2.45, 2.75) is 98.4 Å². The Kier molecular flexibility index (Phi) is 13.6. The minimum absolute atomic E-state index is 0.00392. The Morgan fingerprint density at radius 2 is 1.63 bits per heavy atom. The van der Waals surface area contributed by atoms with Gasteiger partial charge in [0.25, 0.3) is 5.56 Å². The third-order valence-electron chi connectivity index (χ3n) is 8.82. The molecule has 0 radical (unpaired) electrons. The molecule has 0 spiro atoms. The van der Waals surface area contributed by atoms with E-state index in [9.17, 15) is 9.59 Å². The lowest BCUT2D eigenvalue weighted by Crippen LogP contribution is -2.39. The van der Waals surface area contributed by atoms with Crippen LogP contribution in [0, 0.1) is 0 Å². The van der Waals surface area contributed by atoms with Crippen molar-refractivity contribution in [2.24, 2.45) is 5.73 Å². The Bertz CT molecular complexity index is 1720. The van der Waals surface area contributed by atoms with Crippen LogP contribution in [0.3, 0.4) is 0 Å². The van der Waals surface area contributed by atoms with Crippen LogP contribution in [0.15, 0.2) is 59.5 Å². The fourth-order valence-corrected chi connectivity index (χ4v) is 6.29. The SMILES string of the molecule is C1CCNCC1.CCCCn1c(=O)c(N(C(N)=O)c2c(C(C)C)cc(OCCC)cc2C(C)C)c(-c2cccc(OC)c2)c2cccnc21. The maximum Gasteiger partial charge on any atom is 0.324 e. The number of hydrogen-bond donors (Lipinski definition) is 2. The summed E-state index contributed by atoms with van der Waals surface area (Å²) in [5.41, 5.74) is 10.4. The fourth-order valence-electron chi connectivity index (χ4n) is 6.29. The van der Waals surface area contributed by atoms with Gasteiger partial charge in [0.1, 0.15) is 22.8 Å². The maximum atomic E-state index is 14.7. The molecule has 1 aliphatic heterocycles. The average Bonchev–Trinajstić information content (AvgIpc) is 3.11. The molecule has 1 saturated heterocycles. The van der Waals surface area contributed by atoms with Crippen LogP contribution in [0.25, 0.3) is 22.2 Å². The van der Waals surface area contributed by atoms with E-state index in [4.69, 9.17) is 15.2 Å². The molecule has 2 aromatic heterocycles. The molecule has 5 rings (SSSR count). The first-order chi connectivity index (χ1) is 23.6. The topological polar surface area (TPSA) is 112 Å². The number of ether oxygens (including phenoxy) is 2. The molecule has 3 N–H and O–H groups in total. The number of hydrogen-bond acceptors (Lipinski definition) is 6. The van der Waals surface area contributed by atoms with Gasteiger partial charge in [0, 0.05) is 23.7 Å². The van der Waals surface area contributed by atoms with Gasteiger partial charge in [-0.15, -0.1) is 0 Å². The Morgan fingerprint density at radius 1 is 0.939 bits per heavy atom. The number of benzene rings is 2. The van der Waals surface area contributed by atoms with Gasteiger partial charge in [0.05, 0.1) is 19.4 Å². The van der Waals surface area contributed by atoms with Crippen LogP contribution in [0.1, 0.15) is 103 Å². The number of carbonyl (C=O) groups excluding carboxylic acids is 1. The number of nitrogens with one attached hydrogen (secondary N) is 1. The highest BCUT2D eigenvalue weighted by Crippen LogP contribution is 2.45. The molecule has 2 amide bonds. The summed E-state index contributed by atoms with van der Waals surface area (Å²) in [6, 6.07) is 14.5. The summed E-state index contributed by atoms with van der Waals surface area (Å²) in [6.45, 7) is 15.9. The van der Waals surface area contributed by atoms with Crippen LogP contribution >= 0.6 is 0 Å². The first-order valence-electron chi connectivity index (χ1n) is 17.9. The number of urea groups is 1. The van der Waals surface area contributed by atoms with Gasteiger partial charge in [-0.1, -0.05) is 66.5 Å². The van der Waals surface area contributed by atoms with E-state index in [0.717, 1.165) is 47.1 Å². The number of anilines is 2. The number of rotatable bonds is 12. The molecule has 49 heavy (non-hydrogen) atoms. The molecule has 0 atom stereocenters. The molecular weight excluding hydrogens is 614 g/mol. The number of aromatic nitrogens is 2. The van der Waals surface area contributed by atoms with Crippen LogP contribution in [-0.2, 0) is 6.54 Å². The molecule has 264 valence electrons. The third kappa shape index (κ3) is 8.81. The summed E-state index contributed by atoms with van der Waals surface area (Å²) in [6.07, 6.45) is 8.44. The molecule has 9 nitrogen and oxygen atoms in total. The molecule has 0 aliphatic carbocycles. The number of aryl methyl sites for hydroxylation is 1. The lowest BCUT2D eigenvalue weighted by atomic mass is 9.90. The van der Waals surface area contributed by atoms with Crippen LogP contribution in [0.2, 0.25) is 0 Å². The second-order valence-electron chi connectivity index (χ2n) is 13.2. The van der Waals surface area contributed by atoms with Gasteiger partial charge in [0.15, 0.2) is 0 Å². The first-order valence-corrected chi connectivity index (χ1v) is 17.9. The number of primary amides is 1. The van der Waals surface area contributed by atoms with Crippen molar-refractivity contribution in [3.05, 3.63) is 76.2 Å². The summed E-state index contributed by atoms with van der Waals surface area (Å²) in [5, 5.41) is 4.03. The van der Waals surface area contributed by atoms with Gasteiger partial charge in [0.2, 0.25) is 0 Å². The monoisotopic (exact) mass is 669 g/mol. The minimum atomic E-state index is -0.738. The van der Waals surface area contributed by atoms with Crippen molar-refractivity contribution in [1.29, 1.82) is 0 Å². The van der Waals surface area contributed by atoms with E-state index in [0.29, 0.717) is 35.8 Å². The molecule has 0 unspecified atom stereocenters. The lowest BCUT2D eigenvalue weighted by molar-refractivity contribution is 0.256. The zero-order valence-corrected chi connectivity index (χ0v) is 30.5. The van der Waals surface area contributed by atoms with E-state index in [1.54, 1.807) is 17.9 Å². The number of fused-ring (bicyclic) bond motifs is 1. The summed E-state index contributed by atoms with van der Waals surface area (Å²) in [5.74, 6) is 1.37. The van der Waals surface area contributed by atoms with Crippen LogP contribution < -0.4 is 31.0 Å². The zero-order valence-electron chi connectivity index (χ0n) is 30.5. The standard InChI is InChI=1S/C35H44N4O4.C5H11N/c1-8-10-17-38-33-27(15-12-16-37-33)30(24-13-11-14-25(19-24)42-7)32(34(38)40)39(35(36)41)31-28(22(3)4)20-26(43-18-9-2)21-29(31)23(5)6;1-2-4-6-5-3-1/h11-16,19-23H,8-10,17-18H2,1-7H3,(H2,36,41);6H,1-5H2. The molecule has 9 heteroatoms. The zero-order chi connectivity index (χ0) is 35.5. The maximum absolute atomic E-state index is 14.7.